The topological polar surface area (TPSA) is 85.0 Å². The largest absolute Gasteiger partial charge is 0.382 e. The van der Waals surface area contributed by atoms with Crippen LogP contribution in [0.3, 0.4) is 0 Å². The van der Waals surface area contributed by atoms with Crippen molar-refractivity contribution in [2.75, 3.05) is 12.3 Å². The molecule has 1 aromatic carbocycles. The summed E-state index contributed by atoms with van der Waals surface area (Å²) in [6, 6.07) is 9.87. The van der Waals surface area contributed by atoms with E-state index in [2.05, 4.69) is 21.2 Å². The summed E-state index contributed by atoms with van der Waals surface area (Å²) in [7, 11) is 0. The van der Waals surface area contributed by atoms with Crippen LogP contribution < -0.4 is 5.73 Å². The molecule has 3 heterocycles. The van der Waals surface area contributed by atoms with Crippen LogP contribution in [0, 0.1) is 0 Å². The maximum absolute atomic E-state index is 12.5. The van der Waals surface area contributed by atoms with Crippen LogP contribution in [0.5, 0.6) is 0 Å². The van der Waals surface area contributed by atoms with Crippen molar-refractivity contribution in [1.82, 2.24) is 20.1 Å². The van der Waals surface area contributed by atoms with Crippen LogP contribution in [0.25, 0.3) is 10.2 Å². The fraction of sp³-hybridized carbons (Fsp3) is 0.294. The highest BCUT2D eigenvalue weighted by Gasteiger charge is 2.22. The van der Waals surface area contributed by atoms with Gasteiger partial charge < -0.3 is 10.6 Å². The van der Waals surface area contributed by atoms with Gasteiger partial charge in [-0.3, -0.25) is 4.79 Å². The van der Waals surface area contributed by atoms with Crippen molar-refractivity contribution in [3.05, 3.63) is 46.6 Å². The molecule has 2 aromatic heterocycles. The summed E-state index contributed by atoms with van der Waals surface area (Å²) in [6.07, 6.45) is 1.89. The standard InChI is InChI=1S/C17H17N5OS/c18-15-9-11-10-22(8-7-12(11)20-21-15)17(23)6-5-16-19-13-3-1-2-4-14(13)24-16/h1-4,9H,5-8,10H2,(H2,18,21). The number of nitrogens with zero attached hydrogens (tertiary/aromatic N) is 4. The number of nitrogens with two attached hydrogens (primary N) is 1. The number of anilines is 1. The van der Waals surface area contributed by atoms with Gasteiger partial charge in [0.05, 0.1) is 20.9 Å². The van der Waals surface area contributed by atoms with Crippen LogP contribution in [0.15, 0.2) is 30.3 Å². The van der Waals surface area contributed by atoms with Crippen LogP contribution in [0.2, 0.25) is 0 Å². The number of aromatic nitrogens is 3. The van der Waals surface area contributed by atoms with E-state index in [1.807, 2.05) is 29.2 Å². The van der Waals surface area contributed by atoms with Gasteiger partial charge in [0.2, 0.25) is 5.91 Å². The van der Waals surface area contributed by atoms with Gasteiger partial charge in [-0.05, 0) is 23.8 Å². The zero-order valence-electron chi connectivity index (χ0n) is 13.1. The molecular formula is C17H17N5OS. The Morgan fingerprint density at radius 2 is 2.17 bits per heavy atom. The number of hydrogen-bond acceptors (Lipinski definition) is 6. The molecule has 0 unspecified atom stereocenters. The second-order valence-electron chi connectivity index (χ2n) is 5.88. The molecule has 0 saturated heterocycles. The Morgan fingerprint density at radius 1 is 1.29 bits per heavy atom. The molecule has 4 rings (SSSR count). The SMILES string of the molecule is Nc1cc2c(nn1)CCN(C(=O)CCc1nc3ccccc3s1)C2. The van der Waals surface area contributed by atoms with Gasteiger partial charge in [0.15, 0.2) is 0 Å². The van der Waals surface area contributed by atoms with E-state index in [4.69, 9.17) is 5.73 Å². The predicted octanol–water partition coefficient (Wildman–Crippen LogP) is 2.19. The maximum atomic E-state index is 12.5. The zero-order chi connectivity index (χ0) is 16.5. The van der Waals surface area contributed by atoms with E-state index in [-0.39, 0.29) is 5.91 Å². The summed E-state index contributed by atoms with van der Waals surface area (Å²) in [6.45, 7) is 1.25. The van der Waals surface area contributed by atoms with Gasteiger partial charge >= 0.3 is 0 Å². The third-order valence-electron chi connectivity index (χ3n) is 4.20. The molecule has 0 bridgehead atoms. The Labute approximate surface area is 143 Å². The molecule has 0 saturated carbocycles. The molecule has 1 aliphatic heterocycles. The first-order chi connectivity index (χ1) is 11.7. The highest BCUT2D eigenvalue weighted by Crippen LogP contribution is 2.23. The van der Waals surface area contributed by atoms with Gasteiger partial charge in [-0.25, -0.2) is 4.98 Å². The molecule has 7 heteroatoms. The number of benzene rings is 1. The molecule has 0 aliphatic carbocycles. The molecule has 6 nitrogen and oxygen atoms in total. The van der Waals surface area contributed by atoms with Crippen molar-refractivity contribution >= 4 is 33.3 Å². The van der Waals surface area contributed by atoms with E-state index in [9.17, 15) is 4.79 Å². The summed E-state index contributed by atoms with van der Waals surface area (Å²) in [5, 5.41) is 9.00. The van der Waals surface area contributed by atoms with Gasteiger partial charge in [0.25, 0.3) is 0 Å². The van der Waals surface area contributed by atoms with Crippen LogP contribution in [-0.4, -0.2) is 32.5 Å². The molecule has 0 fully saturated rings. The van der Waals surface area contributed by atoms with Crippen molar-refractivity contribution < 1.29 is 4.79 Å². The van der Waals surface area contributed by atoms with E-state index >= 15 is 0 Å². The number of aryl methyl sites for hydroxylation is 1. The van der Waals surface area contributed by atoms with E-state index in [0.29, 0.717) is 31.7 Å². The number of carbonyl (C=O) groups is 1. The van der Waals surface area contributed by atoms with Crippen molar-refractivity contribution in [2.45, 2.75) is 25.8 Å². The molecule has 2 N–H and O–H groups in total. The molecule has 1 amide bonds. The summed E-state index contributed by atoms with van der Waals surface area (Å²) < 4.78 is 1.17. The number of amides is 1. The highest BCUT2D eigenvalue weighted by molar-refractivity contribution is 7.18. The monoisotopic (exact) mass is 339 g/mol. The van der Waals surface area contributed by atoms with Gasteiger partial charge in [-0.1, -0.05) is 12.1 Å². The Kier molecular flexibility index (Phi) is 3.86. The van der Waals surface area contributed by atoms with E-state index in [0.717, 1.165) is 28.2 Å². The number of fused-ring (bicyclic) bond motifs is 2. The minimum Gasteiger partial charge on any atom is -0.382 e. The Morgan fingerprint density at radius 3 is 3.04 bits per heavy atom. The minimum atomic E-state index is 0.148. The quantitative estimate of drug-likeness (QED) is 0.790. The number of hydrogen-bond donors (Lipinski definition) is 1. The Bertz CT molecular complexity index is 874. The Hall–Kier alpha value is -2.54. The third-order valence-corrected chi connectivity index (χ3v) is 5.30. The number of carbonyl (C=O) groups excluding carboxylic acids is 1. The fourth-order valence-electron chi connectivity index (χ4n) is 2.96. The number of thiazole rings is 1. The van der Waals surface area contributed by atoms with Crippen LogP contribution >= 0.6 is 11.3 Å². The van der Waals surface area contributed by atoms with Crippen molar-refractivity contribution in [1.29, 1.82) is 0 Å². The third kappa shape index (κ3) is 2.94. The molecule has 1 aliphatic rings. The van der Waals surface area contributed by atoms with Crippen LogP contribution in [0.1, 0.15) is 22.7 Å². The average Bonchev–Trinajstić information content (AvgIpc) is 3.02. The molecule has 0 atom stereocenters. The van der Waals surface area contributed by atoms with E-state index in [1.54, 1.807) is 11.3 Å². The fourth-order valence-corrected chi connectivity index (χ4v) is 3.92. The second-order valence-corrected chi connectivity index (χ2v) is 7.00. The Balaban J connectivity index is 1.41. The second kappa shape index (κ2) is 6.16. The normalized spacial score (nSPS) is 13.9. The number of para-hydroxylation sites is 1. The van der Waals surface area contributed by atoms with Gasteiger partial charge in [-0.15, -0.1) is 16.4 Å². The van der Waals surface area contributed by atoms with Gasteiger partial charge in [0.1, 0.15) is 5.82 Å². The lowest BCUT2D eigenvalue weighted by molar-refractivity contribution is -0.132. The first-order valence-corrected chi connectivity index (χ1v) is 8.74. The lowest BCUT2D eigenvalue weighted by atomic mass is 10.1. The molecule has 24 heavy (non-hydrogen) atoms. The molecule has 0 radical (unpaired) electrons. The van der Waals surface area contributed by atoms with Crippen molar-refractivity contribution in [3.8, 4) is 0 Å². The van der Waals surface area contributed by atoms with Crippen LogP contribution in [-0.2, 0) is 24.2 Å². The molecular weight excluding hydrogens is 322 g/mol. The lowest BCUT2D eigenvalue weighted by Crippen LogP contribution is -2.36. The highest BCUT2D eigenvalue weighted by atomic mass is 32.1. The zero-order valence-corrected chi connectivity index (χ0v) is 13.9. The van der Waals surface area contributed by atoms with Gasteiger partial charge in [-0.2, -0.15) is 5.10 Å². The summed E-state index contributed by atoms with van der Waals surface area (Å²) in [5.41, 5.74) is 8.64. The smallest absolute Gasteiger partial charge is 0.223 e. The lowest BCUT2D eigenvalue weighted by Gasteiger charge is -2.28. The van der Waals surface area contributed by atoms with Crippen molar-refractivity contribution in [3.63, 3.8) is 0 Å². The summed E-state index contributed by atoms with van der Waals surface area (Å²) in [4.78, 5) is 19.0. The first-order valence-electron chi connectivity index (χ1n) is 7.92. The maximum Gasteiger partial charge on any atom is 0.223 e. The first kappa shape index (κ1) is 15.0. The van der Waals surface area contributed by atoms with Crippen LogP contribution in [0.4, 0.5) is 5.82 Å². The average molecular weight is 339 g/mol. The van der Waals surface area contributed by atoms with E-state index < -0.39 is 0 Å². The summed E-state index contributed by atoms with van der Waals surface area (Å²) in [5.74, 6) is 0.549. The number of rotatable bonds is 3. The van der Waals surface area contributed by atoms with Gasteiger partial charge in [0, 0.05) is 32.4 Å². The minimum absolute atomic E-state index is 0.148. The number of nitrogen functional groups attached to an aromatic ring is 1. The predicted molar refractivity (Wildman–Crippen MR) is 93.5 cm³/mol. The summed E-state index contributed by atoms with van der Waals surface area (Å²) >= 11 is 1.66. The molecule has 0 spiro atoms. The molecule has 3 aromatic rings. The van der Waals surface area contributed by atoms with Crippen molar-refractivity contribution in [2.24, 2.45) is 0 Å². The van der Waals surface area contributed by atoms with E-state index in [1.165, 1.54) is 4.70 Å². The molecule has 122 valence electrons.